The lowest BCUT2D eigenvalue weighted by molar-refractivity contribution is -0.131. The Morgan fingerprint density at radius 3 is 2.80 bits per heavy atom. The number of hydrogen-bond donors (Lipinski definition) is 1. The Kier molecular flexibility index (Phi) is 7.74. The van der Waals surface area contributed by atoms with Crippen LogP contribution < -0.4 is 5.32 Å². The summed E-state index contributed by atoms with van der Waals surface area (Å²) in [5.74, 6) is 1.64. The molecule has 1 N–H and O–H groups in total. The Morgan fingerprint density at radius 2 is 2.15 bits per heavy atom. The van der Waals surface area contributed by atoms with Crippen molar-refractivity contribution in [1.29, 1.82) is 0 Å². The van der Waals surface area contributed by atoms with E-state index in [9.17, 15) is 4.79 Å². The lowest BCUT2D eigenvalue weighted by atomic mass is 10.2. The smallest absolute Gasteiger partial charge is 0.232 e. The van der Waals surface area contributed by atoms with Gasteiger partial charge in [-0.15, -0.1) is 24.2 Å². The number of halogens is 2. The van der Waals surface area contributed by atoms with Crippen LogP contribution >= 0.6 is 35.8 Å². The van der Waals surface area contributed by atoms with E-state index < -0.39 is 0 Å². The first-order valence-electron chi connectivity index (χ1n) is 6.49. The maximum atomic E-state index is 12.1. The monoisotopic (exact) mass is 334 g/mol. The number of amides is 1. The Hall–Kier alpha value is -0.420. The number of rotatable bonds is 4. The van der Waals surface area contributed by atoms with Gasteiger partial charge in [0.25, 0.3) is 0 Å². The summed E-state index contributed by atoms with van der Waals surface area (Å²) < 4.78 is 0. The Balaban J connectivity index is 0.00000200. The molecule has 0 aliphatic carbocycles. The number of carbonyl (C=O) groups excluding carboxylic acids is 1. The molecular formula is C14H20Cl2N2OS. The van der Waals surface area contributed by atoms with Crippen molar-refractivity contribution in [2.45, 2.75) is 18.7 Å². The molecule has 0 radical (unpaired) electrons. The molecule has 0 aromatic heterocycles. The lowest BCUT2D eigenvalue weighted by Gasteiger charge is -2.34. The van der Waals surface area contributed by atoms with E-state index >= 15 is 0 Å². The van der Waals surface area contributed by atoms with Gasteiger partial charge in [0.15, 0.2) is 0 Å². The second-order valence-corrected chi connectivity index (χ2v) is 6.18. The first-order valence-corrected chi connectivity index (χ1v) is 8.02. The molecule has 2 rings (SSSR count). The average molecular weight is 335 g/mol. The first-order chi connectivity index (χ1) is 9.16. The van der Waals surface area contributed by atoms with E-state index in [4.69, 9.17) is 11.6 Å². The summed E-state index contributed by atoms with van der Waals surface area (Å²) in [6.45, 7) is 4.71. The van der Waals surface area contributed by atoms with Crippen LogP contribution in [-0.2, 0) is 10.5 Å². The fraction of sp³-hybridized carbons (Fsp3) is 0.500. The summed E-state index contributed by atoms with van der Waals surface area (Å²) in [7, 11) is 0. The number of thioether (sulfide) groups is 1. The van der Waals surface area contributed by atoms with Crippen LogP contribution in [-0.4, -0.2) is 42.2 Å². The number of benzene rings is 1. The fourth-order valence-corrected chi connectivity index (χ4v) is 3.13. The number of hydrogen-bond acceptors (Lipinski definition) is 3. The highest BCUT2D eigenvalue weighted by Crippen LogP contribution is 2.16. The van der Waals surface area contributed by atoms with Crippen molar-refractivity contribution < 1.29 is 4.79 Å². The van der Waals surface area contributed by atoms with Crippen molar-refractivity contribution in [2.24, 2.45) is 0 Å². The lowest BCUT2D eigenvalue weighted by Crippen LogP contribution is -2.52. The molecule has 1 aliphatic heterocycles. The van der Waals surface area contributed by atoms with Crippen molar-refractivity contribution in [3.05, 3.63) is 34.9 Å². The quantitative estimate of drug-likeness (QED) is 0.918. The first kappa shape index (κ1) is 17.6. The van der Waals surface area contributed by atoms with Gasteiger partial charge in [-0.25, -0.2) is 0 Å². The molecule has 1 atom stereocenters. The average Bonchev–Trinajstić information content (AvgIpc) is 2.41. The third-order valence-electron chi connectivity index (χ3n) is 3.23. The second kappa shape index (κ2) is 8.78. The summed E-state index contributed by atoms with van der Waals surface area (Å²) >= 11 is 7.50. The van der Waals surface area contributed by atoms with Gasteiger partial charge in [-0.1, -0.05) is 23.7 Å². The van der Waals surface area contributed by atoms with E-state index in [0.717, 1.165) is 30.4 Å². The van der Waals surface area contributed by atoms with E-state index in [1.165, 1.54) is 5.56 Å². The summed E-state index contributed by atoms with van der Waals surface area (Å²) in [4.78, 5) is 14.1. The van der Waals surface area contributed by atoms with Crippen LogP contribution in [0.25, 0.3) is 0 Å². The summed E-state index contributed by atoms with van der Waals surface area (Å²) in [6.07, 6.45) is 0. The van der Waals surface area contributed by atoms with Gasteiger partial charge in [-0.3, -0.25) is 4.79 Å². The molecule has 0 spiro atoms. The number of carbonyl (C=O) groups is 1. The SMILES string of the molecule is C[C@H]1CNCCN1C(=O)CSCc1ccc(Cl)cc1.Cl. The highest BCUT2D eigenvalue weighted by Gasteiger charge is 2.22. The van der Waals surface area contributed by atoms with Gasteiger partial charge in [0.2, 0.25) is 5.91 Å². The van der Waals surface area contributed by atoms with Crippen LogP contribution in [0.3, 0.4) is 0 Å². The highest BCUT2D eigenvalue weighted by atomic mass is 35.5. The predicted molar refractivity (Wildman–Crippen MR) is 88.9 cm³/mol. The maximum absolute atomic E-state index is 12.1. The molecule has 112 valence electrons. The molecule has 0 bridgehead atoms. The van der Waals surface area contributed by atoms with Crippen molar-refractivity contribution in [1.82, 2.24) is 10.2 Å². The van der Waals surface area contributed by atoms with E-state index in [1.54, 1.807) is 11.8 Å². The molecule has 20 heavy (non-hydrogen) atoms. The minimum Gasteiger partial charge on any atom is -0.337 e. The summed E-state index contributed by atoms with van der Waals surface area (Å²) in [6, 6.07) is 8.09. The van der Waals surface area contributed by atoms with Gasteiger partial charge in [0.1, 0.15) is 0 Å². The third-order valence-corrected chi connectivity index (χ3v) is 4.47. The normalized spacial score (nSPS) is 18.5. The minimum absolute atomic E-state index is 0. The van der Waals surface area contributed by atoms with Gasteiger partial charge in [0.05, 0.1) is 5.75 Å². The van der Waals surface area contributed by atoms with Crippen LogP contribution in [0.2, 0.25) is 5.02 Å². The Labute approximate surface area is 135 Å². The molecule has 3 nitrogen and oxygen atoms in total. The molecule has 0 unspecified atom stereocenters. The molecule has 1 aromatic rings. The molecular weight excluding hydrogens is 315 g/mol. The predicted octanol–water partition coefficient (Wildman–Crippen LogP) is 2.82. The zero-order chi connectivity index (χ0) is 13.7. The van der Waals surface area contributed by atoms with E-state index in [1.807, 2.05) is 29.2 Å². The molecule has 1 aromatic carbocycles. The number of nitrogens with one attached hydrogen (secondary N) is 1. The molecule has 0 saturated carbocycles. The van der Waals surface area contributed by atoms with Crippen LogP contribution in [0.4, 0.5) is 0 Å². The Bertz CT molecular complexity index is 428. The third kappa shape index (κ3) is 5.17. The standard InChI is InChI=1S/C14H19ClN2OS.ClH/c1-11-8-16-6-7-17(11)14(18)10-19-9-12-2-4-13(15)5-3-12;/h2-5,11,16H,6-10H2,1H3;1H/t11-;/m0./s1. The van der Waals surface area contributed by atoms with Gasteiger partial charge < -0.3 is 10.2 Å². The van der Waals surface area contributed by atoms with Crippen molar-refractivity contribution in [2.75, 3.05) is 25.4 Å². The molecule has 1 fully saturated rings. The Morgan fingerprint density at radius 1 is 1.45 bits per heavy atom. The number of nitrogens with zero attached hydrogens (tertiary/aromatic N) is 1. The van der Waals surface area contributed by atoms with E-state index in [-0.39, 0.29) is 18.3 Å². The minimum atomic E-state index is 0. The zero-order valence-corrected chi connectivity index (χ0v) is 13.9. The maximum Gasteiger partial charge on any atom is 0.232 e. The van der Waals surface area contributed by atoms with Gasteiger partial charge in [-0.05, 0) is 24.6 Å². The van der Waals surface area contributed by atoms with E-state index in [2.05, 4.69) is 12.2 Å². The van der Waals surface area contributed by atoms with Crippen LogP contribution in [0.15, 0.2) is 24.3 Å². The fourth-order valence-electron chi connectivity index (χ4n) is 2.13. The van der Waals surface area contributed by atoms with Crippen LogP contribution in [0, 0.1) is 0 Å². The van der Waals surface area contributed by atoms with Crippen molar-refractivity contribution >= 4 is 41.7 Å². The van der Waals surface area contributed by atoms with Gasteiger partial charge >= 0.3 is 0 Å². The highest BCUT2D eigenvalue weighted by molar-refractivity contribution is 7.99. The summed E-state index contributed by atoms with van der Waals surface area (Å²) in [5, 5.41) is 4.04. The van der Waals surface area contributed by atoms with Crippen LogP contribution in [0.5, 0.6) is 0 Å². The second-order valence-electron chi connectivity index (χ2n) is 4.76. The van der Waals surface area contributed by atoms with Crippen molar-refractivity contribution in [3.8, 4) is 0 Å². The topological polar surface area (TPSA) is 32.3 Å². The van der Waals surface area contributed by atoms with Crippen molar-refractivity contribution in [3.63, 3.8) is 0 Å². The number of piperazine rings is 1. The molecule has 6 heteroatoms. The molecule has 1 amide bonds. The largest absolute Gasteiger partial charge is 0.337 e. The van der Waals surface area contributed by atoms with E-state index in [0.29, 0.717) is 11.8 Å². The molecule has 1 heterocycles. The van der Waals surface area contributed by atoms with Gasteiger partial charge in [-0.2, -0.15) is 0 Å². The molecule has 1 saturated heterocycles. The zero-order valence-electron chi connectivity index (χ0n) is 11.5. The summed E-state index contributed by atoms with van der Waals surface area (Å²) in [5.41, 5.74) is 1.20. The van der Waals surface area contributed by atoms with Gasteiger partial charge in [0, 0.05) is 36.5 Å². The molecule has 1 aliphatic rings. The van der Waals surface area contributed by atoms with Crippen LogP contribution in [0.1, 0.15) is 12.5 Å².